The maximum Gasteiger partial charge on any atom is 0.242 e. The molecule has 1 aliphatic rings. The first-order chi connectivity index (χ1) is 9.42. The van der Waals surface area contributed by atoms with Crippen LogP contribution in [0.1, 0.15) is 18.4 Å². The van der Waals surface area contributed by atoms with E-state index in [9.17, 15) is 13.2 Å². The Hall–Kier alpha value is -1.60. The Bertz CT molecular complexity index is 589. The molecule has 0 bridgehead atoms. The molecule has 110 valence electrons. The number of rotatable bonds is 6. The fraction of sp³-hybridized carbons (Fsp3) is 0.462. The molecule has 1 aromatic carbocycles. The first-order valence-electron chi connectivity index (χ1n) is 6.54. The Morgan fingerprint density at radius 1 is 1.35 bits per heavy atom. The van der Waals surface area contributed by atoms with Crippen LogP contribution in [0.15, 0.2) is 23.1 Å². The molecule has 6 nitrogen and oxygen atoms in total. The van der Waals surface area contributed by atoms with Gasteiger partial charge in [-0.3, -0.25) is 4.79 Å². The Balaban J connectivity index is 1.92. The summed E-state index contributed by atoms with van der Waals surface area (Å²) in [5, 5.41) is 2.70. The lowest BCUT2D eigenvalue weighted by Gasteiger charge is -2.12. The number of benzene rings is 1. The maximum atomic E-state index is 12.2. The van der Waals surface area contributed by atoms with Crippen LogP contribution in [0.2, 0.25) is 0 Å². The molecule has 1 aromatic rings. The van der Waals surface area contributed by atoms with E-state index in [-0.39, 0.29) is 35.5 Å². The van der Waals surface area contributed by atoms with Crippen LogP contribution in [-0.4, -0.2) is 27.4 Å². The minimum absolute atomic E-state index is 0.000367. The van der Waals surface area contributed by atoms with Gasteiger partial charge in [0.2, 0.25) is 15.9 Å². The van der Waals surface area contributed by atoms with Gasteiger partial charge < -0.3 is 11.1 Å². The molecule has 20 heavy (non-hydrogen) atoms. The Labute approximate surface area is 118 Å². The molecule has 0 heterocycles. The molecule has 0 saturated heterocycles. The van der Waals surface area contributed by atoms with Gasteiger partial charge in [0, 0.05) is 19.0 Å². The van der Waals surface area contributed by atoms with Gasteiger partial charge in [-0.1, -0.05) is 12.1 Å². The summed E-state index contributed by atoms with van der Waals surface area (Å²) in [5.74, 6) is 0.123. The molecule has 7 heteroatoms. The number of carbonyl (C=O) groups excluding carboxylic acids is 1. The summed E-state index contributed by atoms with van der Waals surface area (Å²) in [6, 6.07) is 4.95. The minimum atomic E-state index is -3.65. The first-order valence-corrected chi connectivity index (χ1v) is 8.02. The van der Waals surface area contributed by atoms with Crippen LogP contribution in [0.5, 0.6) is 0 Å². The second-order valence-electron chi connectivity index (χ2n) is 4.96. The van der Waals surface area contributed by atoms with Crippen molar-refractivity contribution in [2.24, 2.45) is 5.92 Å². The van der Waals surface area contributed by atoms with E-state index >= 15 is 0 Å². The molecule has 0 aliphatic heterocycles. The summed E-state index contributed by atoms with van der Waals surface area (Å²) in [6.45, 7) is 2.12. The number of nitrogens with two attached hydrogens (primary N) is 1. The van der Waals surface area contributed by atoms with Crippen LogP contribution < -0.4 is 15.8 Å². The third-order valence-corrected chi connectivity index (χ3v) is 4.85. The first kappa shape index (κ1) is 14.8. The molecule has 1 fully saturated rings. The third kappa shape index (κ3) is 3.49. The zero-order valence-electron chi connectivity index (χ0n) is 11.3. The van der Waals surface area contributed by atoms with Crippen molar-refractivity contribution in [3.8, 4) is 0 Å². The lowest BCUT2D eigenvalue weighted by Crippen LogP contribution is -2.35. The van der Waals surface area contributed by atoms with Gasteiger partial charge in [0.05, 0.1) is 5.69 Å². The van der Waals surface area contributed by atoms with Crippen molar-refractivity contribution in [1.82, 2.24) is 10.0 Å². The van der Waals surface area contributed by atoms with Crippen molar-refractivity contribution in [3.63, 3.8) is 0 Å². The van der Waals surface area contributed by atoms with Crippen molar-refractivity contribution in [1.29, 1.82) is 0 Å². The van der Waals surface area contributed by atoms with Crippen LogP contribution in [0.3, 0.4) is 0 Å². The Kier molecular flexibility index (Phi) is 4.29. The normalized spacial score (nSPS) is 15.1. The van der Waals surface area contributed by atoms with Crippen LogP contribution in [0, 0.1) is 12.8 Å². The fourth-order valence-corrected chi connectivity index (χ4v) is 3.36. The van der Waals surface area contributed by atoms with Gasteiger partial charge in [-0.15, -0.1) is 0 Å². The number of nitrogens with one attached hydrogen (secondary N) is 2. The molecule has 1 saturated carbocycles. The van der Waals surface area contributed by atoms with Gasteiger partial charge in [-0.2, -0.15) is 0 Å². The van der Waals surface area contributed by atoms with Gasteiger partial charge in [0.15, 0.2) is 0 Å². The smallest absolute Gasteiger partial charge is 0.242 e. The summed E-state index contributed by atoms with van der Waals surface area (Å²) >= 11 is 0. The Morgan fingerprint density at radius 3 is 2.65 bits per heavy atom. The van der Waals surface area contributed by atoms with E-state index in [2.05, 4.69) is 10.0 Å². The van der Waals surface area contributed by atoms with Crippen molar-refractivity contribution < 1.29 is 13.2 Å². The predicted octanol–water partition coefficient (Wildman–Crippen LogP) is 0.382. The van der Waals surface area contributed by atoms with Crippen molar-refractivity contribution in [3.05, 3.63) is 23.8 Å². The molecule has 1 amide bonds. The van der Waals surface area contributed by atoms with E-state index in [4.69, 9.17) is 5.73 Å². The Morgan fingerprint density at radius 2 is 2.05 bits per heavy atom. The largest absolute Gasteiger partial charge is 0.398 e. The van der Waals surface area contributed by atoms with Crippen LogP contribution in [0.4, 0.5) is 5.69 Å². The van der Waals surface area contributed by atoms with Gasteiger partial charge in [0.1, 0.15) is 4.90 Å². The van der Waals surface area contributed by atoms with Gasteiger partial charge in [0.25, 0.3) is 0 Å². The zero-order valence-corrected chi connectivity index (χ0v) is 12.2. The van der Waals surface area contributed by atoms with E-state index in [1.807, 2.05) is 0 Å². The number of hydrogen-bond donors (Lipinski definition) is 3. The van der Waals surface area contributed by atoms with Crippen molar-refractivity contribution in [2.45, 2.75) is 24.7 Å². The highest BCUT2D eigenvalue weighted by Gasteiger charge is 2.29. The SMILES string of the molecule is Cc1cccc(N)c1S(=O)(=O)NCCNC(=O)C1CC1. The van der Waals surface area contributed by atoms with Gasteiger partial charge in [-0.05, 0) is 31.4 Å². The maximum absolute atomic E-state index is 12.2. The molecule has 0 spiro atoms. The molecule has 0 unspecified atom stereocenters. The predicted molar refractivity (Wildman–Crippen MR) is 76.5 cm³/mol. The van der Waals surface area contributed by atoms with E-state index in [0.29, 0.717) is 5.56 Å². The molecule has 0 aromatic heterocycles. The highest BCUT2D eigenvalue weighted by Crippen LogP contribution is 2.28. The fourth-order valence-electron chi connectivity index (χ4n) is 1.98. The van der Waals surface area contributed by atoms with E-state index in [0.717, 1.165) is 12.8 Å². The quantitative estimate of drug-likeness (QED) is 0.522. The summed E-state index contributed by atoms with van der Waals surface area (Å²) in [4.78, 5) is 11.5. The van der Waals surface area contributed by atoms with Gasteiger partial charge in [-0.25, -0.2) is 13.1 Å². The highest BCUT2D eigenvalue weighted by atomic mass is 32.2. The van der Waals surface area contributed by atoms with Crippen molar-refractivity contribution >= 4 is 21.6 Å². The number of nitrogen functional groups attached to an aromatic ring is 1. The number of sulfonamides is 1. The molecule has 2 rings (SSSR count). The van der Waals surface area contributed by atoms with Crippen LogP contribution >= 0.6 is 0 Å². The molecule has 0 radical (unpaired) electrons. The van der Waals surface area contributed by atoms with E-state index < -0.39 is 10.0 Å². The topological polar surface area (TPSA) is 101 Å². The summed E-state index contributed by atoms with van der Waals surface area (Å²) < 4.78 is 26.8. The number of anilines is 1. The van der Waals surface area contributed by atoms with E-state index in [1.165, 1.54) is 0 Å². The van der Waals surface area contributed by atoms with Crippen molar-refractivity contribution in [2.75, 3.05) is 18.8 Å². The zero-order chi connectivity index (χ0) is 14.8. The summed E-state index contributed by atoms with van der Waals surface area (Å²) in [5.41, 5.74) is 6.54. The molecular weight excluding hydrogens is 278 g/mol. The molecule has 4 N–H and O–H groups in total. The average molecular weight is 297 g/mol. The minimum Gasteiger partial charge on any atom is -0.398 e. The van der Waals surface area contributed by atoms with Crippen LogP contribution in [-0.2, 0) is 14.8 Å². The third-order valence-electron chi connectivity index (χ3n) is 3.18. The highest BCUT2D eigenvalue weighted by molar-refractivity contribution is 7.89. The lowest BCUT2D eigenvalue weighted by molar-refractivity contribution is -0.122. The van der Waals surface area contributed by atoms with E-state index in [1.54, 1.807) is 25.1 Å². The summed E-state index contributed by atoms with van der Waals surface area (Å²) in [7, 11) is -3.65. The molecule has 1 aliphatic carbocycles. The molecule has 0 atom stereocenters. The second-order valence-corrected chi connectivity index (χ2v) is 6.66. The monoisotopic (exact) mass is 297 g/mol. The number of aryl methyl sites for hydroxylation is 1. The van der Waals surface area contributed by atoms with Crippen LogP contribution in [0.25, 0.3) is 0 Å². The lowest BCUT2D eigenvalue weighted by atomic mass is 10.2. The molecular formula is C13H19N3O3S. The number of hydrogen-bond acceptors (Lipinski definition) is 4. The number of carbonyl (C=O) groups is 1. The number of amides is 1. The standard InChI is InChI=1S/C13H19N3O3S/c1-9-3-2-4-11(14)12(9)20(18,19)16-8-7-15-13(17)10-5-6-10/h2-4,10,16H,5-8,14H2,1H3,(H,15,17). The average Bonchev–Trinajstić information content (AvgIpc) is 3.18. The second kappa shape index (κ2) is 5.80. The van der Waals surface area contributed by atoms with Gasteiger partial charge >= 0.3 is 0 Å². The summed E-state index contributed by atoms with van der Waals surface area (Å²) in [6.07, 6.45) is 1.86.